The topological polar surface area (TPSA) is 78.5 Å². The first-order chi connectivity index (χ1) is 13.8. The summed E-state index contributed by atoms with van der Waals surface area (Å²) in [6.45, 7) is 4.42. The summed E-state index contributed by atoms with van der Waals surface area (Å²) in [4.78, 5) is 39.0. The van der Waals surface area contributed by atoms with Crippen molar-refractivity contribution in [1.82, 2.24) is 5.32 Å². The van der Waals surface area contributed by atoms with Gasteiger partial charge in [-0.25, -0.2) is 0 Å². The van der Waals surface area contributed by atoms with Crippen LogP contribution in [0.5, 0.6) is 0 Å². The first-order valence-corrected chi connectivity index (χ1v) is 10.0. The van der Waals surface area contributed by atoms with Gasteiger partial charge in [-0.2, -0.15) is 0 Å². The average molecular weight is 414 g/mol. The number of hydrogen-bond acceptors (Lipinski definition) is 3. The molecule has 0 saturated carbocycles. The number of hydrogen-bond donors (Lipinski definition) is 2. The molecular weight excluding hydrogens is 390 g/mol. The van der Waals surface area contributed by atoms with Crippen LogP contribution in [-0.2, 0) is 9.59 Å². The summed E-state index contributed by atoms with van der Waals surface area (Å²) < 4.78 is 0. The number of rotatable bonds is 6. The van der Waals surface area contributed by atoms with E-state index in [4.69, 9.17) is 11.6 Å². The van der Waals surface area contributed by atoms with Crippen LogP contribution in [0.4, 0.5) is 11.4 Å². The Labute approximate surface area is 175 Å². The molecule has 1 atom stereocenters. The fourth-order valence-electron chi connectivity index (χ4n) is 3.25. The van der Waals surface area contributed by atoms with Gasteiger partial charge in [-0.15, -0.1) is 0 Å². The molecule has 2 aromatic rings. The van der Waals surface area contributed by atoms with Crippen molar-refractivity contribution in [2.24, 2.45) is 5.92 Å². The van der Waals surface area contributed by atoms with E-state index in [1.165, 1.54) is 0 Å². The van der Waals surface area contributed by atoms with Crippen LogP contribution in [0.3, 0.4) is 0 Å². The van der Waals surface area contributed by atoms with Gasteiger partial charge < -0.3 is 15.5 Å². The highest BCUT2D eigenvalue weighted by molar-refractivity contribution is 6.30. The predicted molar refractivity (Wildman–Crippen MR) is 114 cm³/mol. The Morgan fingerprint density at radius 2 is 1.83 bits per heavy atom. The second kappa shape index (κ2) is 9.09. The molecule has 1 unspecified atom stereocenters. The number of amides is 3. The van der Waals surface area contributed by atoms with Gasteiger partial charge in [0.2, 0.25) is 11.8 Å². The summed E-state index contributed by atoms with van der Waals surface area (Å²) in [7, 11) is 0. The van der Waals surface area contributed by atoms with Crippen LogP contribution in [0.2, 0.25) is 5.02 Å². The van der Waals surface area contributed by atoms with E-state index >= 15 is 0 Å². The molecule has 1 saturated heterocycles. The molecule has 1 heterocycles. The molecule has 7 heteroatoms. The standard InChI is InChI=1S/C22H24ClN3O3/c1-14(2)20(25-21(28)15-8-10-16(23)11-9-15)22(29)24-17-5-3-6-18(13-17)26-12-4-7-19(26)27/h3,5-6,8-11,13-14,20H,4,7,12H2,1-2H3,(H,24,29)(H,25,28). The van der Waals surface area contributed by atoms with Crippen molar-refractivity contribution >= 4 is 40.7 Å². The van der Waals surface area contributed by atoms with E-state index in [9.17, 15) is 14.4 Å². The Bertz CT molecular complexity index is 912. The maximum absolute atomic E-state index is 12.8. The molecule has 1 aliphatic rings. The molecule has 29 heavy (non-hydrogen) atoms. The van der Waals surface area contributed by atoms with E-state index in [-0.39, 0.29) is 23.6 Å². The van der Waals surface area contributed by atoms with Crippen LogP contribution in [0.15, 0.2) is 48.5 Å². The Kier molecular flexibility index (Phi) is 6.54. The third kappa shape index (κ3) is 5.15. The van der Waals surface area contributed by atoms with Gasteiger partial charge in [-0.1, -0.05) is 31.5 Å². The van der Waals surface area contributed by atoms with E-state index in [0.29, 0.717) is 29.2 Å². The quantitative estimate of drug-likeness (QED) is 0.754. The van der Waals surface area contributed by atoms with Crippen molar-refractivity contribution in [1.29, 1.82) is 0 Å². The second-order valence-corrected chi connectivity index (χ2v) is 7.83. The highest BCUT2D eigenvalue weighted by Crippen LogP contribution is 2.24. The van der Waals surface area contributed by atoms with Gasteiger partial charge in [-0.3, -0.25) is 14.4 Å². The summed E-state index contributed by atoms with van der Waals surface area (Å²) in [6, 6.07) is 13.0. The molecule has 1 aliphatic heterocycles. The number of carbonyl (C=O) groups excluding carboxylic acids is 3. The van der Waals surface area contributed by atoms with Crippen molar-refractivity contribution < 1.29 is 14.4 Å². The van der Waals surface area contributed by atoms with Gasteiger partial charge in [0.25, 0.3) is 5.91 Å². The second-order valence-electron chi connectivity index (χ2n) is 7.39. The van der Waals surface area contributed by atoms with Crippen LogP contribution in [-0.4, -0.2) is 30.3 Å². The molecular formula is C22H24ClN3O3. The molecule has 0 aliphatic carbocycles. The number of nitrogens with one attached hydrogen (secondary N) is 2. The van der Waals surface area contributed by atoms with Crippen LogP contribution < -0.4 is 15.5 Å². The fraction of sp³-hybridized carbons (Fsp3) is 0.318. The molecule has 0 aromatic heterocycles. The molecule has 0 spiro atoms. The molecule has 152 valence electrons. The molecule has 6 nitrogen and oxygen atoms in total. The summed E-state index contributed by atoms with van der Waals surface area (Å²) in [5.41, 5.74) is 1.78. The lowest BCUT2D eigenvalue weighted by atomic mass is 10.0. The summed E-state index contributed by atoms with van der Waals surface area (Å²) >= 11 is 5.86. The first kappa shape index (κ1) is 20.9. The van der Waals surface area contributed by atoms with Gasteiger partial charge in [0.1, 0.15) is 6.04 Å². The van der Waals surface area contributed by atoms with Crippen LogP contribution in [0.25, 0.3) is 0 Å². The van der Waals surface area contributed by atoms with Gasteiger partial charge in [0, 0.05) is 34.9 Å². The van der Waals surface area contributed by atoms with Crippen LogP contribution in [0.1, 0.15) is 37.0 Å². The van der Waals surface area contributed by atoms with Crippen molar-refractivity contribution in [3.8, 4) is 0 Å². The maximum Gasteiger partial charge on any atom is 0.251 e. The maximum atomic E-state index is 12.8. The molecule has 2 aromatic carbocycles. The van der Waals surface area contributed by atoms with E-state index in [2.05, 4.69) is 10.6 Å². The highest BCUT2D eigenvalue weighted by atomic mass is 35.5. The molecule has 3 rings (SSSR count). The Morgan fingerprint density at radius 3 is 2.45 bits per heavy atom. The lowest BCUT2D eigenvalue weighted by molar-refractivity contribution is -0.119. The van der Waals surface area contributed by atoms with E-state index < -0.39 is 6.04 Å². The van der Waals surface area contributed by atoms with Crippen LogP contribution >= 0.6 is 11.6 Å². The van der Waals surface area contributed by atoms with Gasteiger partial charge >= 0.3 is 0 Å². The van der Waals surface area contributed by atoms with Crippen molar-refractivity contribution in [3.05, 3.63) is 59.1 Å². The van der Waals surface area contributed by atoms with Crippen molar-refractivity contribution in [3.63, 3.8) is 0 Å². The smallest absolute Gasteiger partial charge is 0.251 e. The SMILES string of the molecule is CC(C)C(NC(=O)c1ccc(Cl)cc1)C(=O)Nc1cccc(N2CCCC2=O)c1. The zero-order chi connectivity index (χ0) is 21.0. The number of halogens is 1. The predicted octanol–water partition coefficient (Wildman–Crippen LogP) is 3.86. The largest absolute Gasteiger partial charge is 0.340 e. The number of carbonyl (C=O) groups is 3. The number of nitrogens with zero attached hydrogens (tertiary/aromatic N) is 1. The minimum absolute atomic E-state index is 0.0868. The van der Waals surface area contributed by atoms with Crippen LogP contribution in [0, 0.1) is 5.92 Å². The van der Waals surface area contributed by atoms with Gasteiger partial charge in [0.05, 0.1) is 0 Å². The molecule has 0 radical (unpaired) electrons. The molecule has 3 amide bonds. The molecule has 1 fully saturated rings. The average Bonchev–Trinajstić information content (AvgIpc) is 3.12. The Balaban J connectivity index is 1.70. The number of anilines is 2. The summed E-state index contributed by atoms with van der Waals surface area (Å²) in [5.74, 6) is -0.683. The molecule has 2 N–H and O–H groups in total. The summed E-state index contributed by atoms with van der Waals surface area (Å²) in [5, 5.41) is 6.18. The normalized spacial score (nSPS) is 14.8. The van der Waals surface area contributed by atoms with E-state index in [1.807, 2.05) is 19.9 Å². The molecule has 0 bridgehead atoms. The third-order valence-electron chi connectivity index (χ3n) is 4.84. The lowest BCUT2D eigenvalue weighted by Crippen LogP contribution is -2.47. The van der Waals surface area contributed by atoms with Gasteiger partial charge in [-0.05, 0) is 54.8 Å². The highest BCUT2D eigenvalue weighted by Gasteiger charge is 2.26. The third-order valence-corrected chi connectivity index (χ3v) is 5.09. The minimum Gasteiger partial charge on any atom is -0.340 e. The minimum atomic E-state index is -0.713. The lowest BCUT2D eigenvalue weighted by Gasteiger charge is -2.22. The Morgan fingerprint density at radius 1 is 1.10 bits per heavy atom. The van der Waals surface area contributed by atoms with Gasteiger partial charge in [0.15, 0.2) is 0 Å². The zero-order valence-corrected chi connectivity index (χ0v) is 17.2. The van der Waals surface area contributed by atoms with E-state index in [1.54, 1.807) is 47.4 Å². The first-order valence-electron chi connectivity index (χ1n) is 9.63. The number of benzene rings is 2. The Hall–Kier alpha value is -2.86. The van der Waals surface area contributed by atoms with Crippen molar-refractivity contribution in [2.75, 3.05) is 16.8 Å². The monoisotopic (exact) mass is 413 g/mol. The van der Waals surface area contributed by atoms with Crippen molar-refractivity contribution in [2.45, 2.75) is 32.7 Å². The van der Waals surface area contributed by atoms with E-state index in [0.717, 1.165) is 12.1 Å². The zero-order valence-electron chi connectivity index (χ0n) is 16.4. The fourth-order valence-corrected chi connectivity index (χ4v) is 3.38. The summed E-state index contributed by atoms with van der Waals surface area (Å²) in [6.07, 6.45) is 1.38.